The molecule has 124 valence electrons. The van der Waals surface area contributed by atoms with Crippen molar-refractivity contribution in [2.45, 2.75) is 12.2 Å². The van der Waals surface area contributed by atoms with Crippen molar-refractivity contribution in [2.24, 2.45) is 0 Å². The van der Waals surface area contributed by atoms with Crippen LogP contribution in [0.4, 0.5) is 13.2 Å². The standard InChI is InChI=1S/C13H18F3N3O2S/c1-21-9-6-10(22-8-9)12(20)18-7-11(13(14,15)16)19-4-2-17-3-5-19/h6,8,11,17H,2-5,7H2,1H3,(H,18,20). The molecule has 9 heteroatoms. The van der Waals surface area contributed by atoms with Crippen LogP contribution in [0.15, 0.2) is 11.4 Å². The molecule has 1 aromatic heterocycles. The van der Waals surface area contributed by atoms with Crippen molar-refractivity contribution in [1.82, 2.24) is 15.5 Å². The van der Waals surface area contributed by atoms with Crippen molar-refractivity contribution in [3.63, 3.8) is 0 Å². The zero-order valence-corrected chi connectivity index (χ0v) is 12.9. The summed E-state index contributed by atoms with van der Waals surface area (Å²) in [5.74, 6) is 0.00214. The Morgan fingerprint density at radius 2 is 2.18 bits per heavy atom. The van der Waals surface area contributed by atoms with Crippen LogP contribution in [-0.4, -0.2) is 62.9 Å². The number of nitrogens with one attached hydrogen (secondary N) is 2. The smallest absolute Gasteiger partial charge is 0.405 e. The Kier molecular flexibility index (Phi) is 5.65. The molecule has 2 rings (SSSR count). The maximum Gasteiger partial charge on any atom is 0.405 e. The van der Waals surface area contributed by atoms with Gasteiger partial charge in [0.15, 0.2) is 0 Å². The summed E-state index contributed by atoms with van der Waals surface area (Å²) >= 11 is 1.14. The largest absolute Gasteiger partial charge is 0.496 e. The minimum Gasteiger partial charge on any atom is -0.496 e. The number of piperazine rings is 1. The van der Waals surface area contributed by atoms with Crippen LogP contribution >= 0.6 is 11.3 Å². The lowest BCUT2D eigenvalue weighted by Crippen LogP contribution is -2.57. The fraction of sp³-hybridized carbons (Fsp3) is 0.615. The van der Waals surface area contributed by atoms with Crippen molar-refractivity contribution in [1.29, 1.82) is 0 Å². The summed E-state index contributed by atoms with van der Waals surface area (Å²) in [5.41, 5.74) is 0. The number of methoxy groups -OCH3 is 1. The molecular formula is C13H18F3N3O2S. The Hall–Kier alpha value is -1.32. The van der Waals surface area contributed by atoms with Gasteiger partial charge in [-0.05, 0) is 0 Å². The Bertz CT molecular complexity index is 501. The molecule has 0 aromatic carbocycles. The first-order valence-corrected chi connectivity index (χ1v) is 7.72. The summed E-state index contributed by atoms with van der Waals surface area (Å²) in [7, 11) is 1.47. The topological polar surface area (TPSA) is 53.6 Å². The van der Waals surface area contributed by atoms with Gasteiger partial charge in [0.2, 0.25) is 0 Å². The summed E-state index contributed by atoms with van der Waals surface area (Å²) < 4.78 is 44.5. The number of alkyl halides is 3. The normalized spacial score (nSPS) is 18.0. The maximum absolute atomic E-state index is 13.2. The van der Waals surface area contributed by atoms with Crippen molar-refractivity contribution >= 4 is 17.2 Å². The zero-order valence-electron chi connectivity index (χ0n) is 12.1. The van der Waals surface area contributed by atoms with E-state index in [2.05, 4.69) is 10.6 Å². The van der Waals surface area contributed by atoms with Crippen molar-refractivity contribution in [3.8, 4) is 5.75 Å². The minimum absolute atomic E-state index is 0.312. The number of hydrogen-bond donors (Lipinski definition) is 2. The molecule has 0 aliphatic carbocycles. The van der Waals surface area contributed by atoms with E-state index in [9.17, 15) is 18.0 Å². The van der Waals surface area contributed by atoms with Crippen molar-refractivity contribution in [3.05, 3.63) is 16.3 Å². The van der Waals surface area contributed by atoms with Crippen LogP contribution in [0.2, 0.25) is 0 Å². The Morgan fingerprint density at radius 1 is 1.50 bits per heavy atom. The van der Waals surface area contributed by atoms with Crippen molar-refractivity contribution < 1.29 is 22.7 Å². The molecule has 1 atom stereocenters. The van der Waals surface area contributed by atoms with E-state index in [1.54, 1.807) is 5.38 Å². The third-order valence-corrected chi connectivity index (χ3v) is 4.37. The van der Waals surface area contributed by atoms with Crippen LogP contribution in [0, 0.1) is 0 Å². The summed E-state index contributed by atoms with van der Waals surface area (Å²) in [5, 5.41) is 7.02. The average Bonchev–Trinajstić information content (AvgIpc) is 2.96. The van der Waals surface area contributed by atoms with E-state index in [1.807, 2.05) is 0 Å². The lowest BCUT2D eigenvalue weighted by molar-refractivity contribution is -0.183. The number of carbonyl (C=O) groups excluding carboxylic acids is 1. The highest BCUT2D eigenvalue weighted by Crippen LogP contribution is 2.25. The molecule has 0 spiro atoms. The van der Waals surface area contributed by atoms with Gasteiger partial charge in [-0.25, -0.2) is 0 Å². The molecule has 1 fully saturated rings. The molecule has 2 heterocycles. The predicted molar refractivity (Wildman–Crippen MR) is 77.5 cm³/mol. The van der Waals surface area contributed by atoms with Crippen LogP contribution in [0.1, 0.15) is 9.67 Å². The second kappa shape index (κ2) is 7.30. The van der Waals surface area contributed by atoms with Gasteiger partial charge in [0, 0.05) is 44.2 Å². The molecule has 1 saturated heterocycles. The van der Waals surface area contributed by atoms with Crippen LogP contribution in [0.5, 0.6) is 5.75 Å². The van der Waals surface area contributed by atoms with E-state index in [0.717, 1.165) is 11.3 Å². The highest BCUT2D eigenvalue weighted by molar-refractivity contribution is 7.12. The Morgan fingerprint density at radius 3 is 2.73 bits per heavy atom. The number of amides is 1. The molecule has 1 aromatic rings. The molecule has 1 unspecified atom stereocenters. The summed E-state index contributed by atoms with van der Waals surface area (Å²) in [4.78, 5) is 13.6. The maximum atomic E-state index is 13.2. The van der Waals surface area contributed by atoms with Gasteiger partial charge < -0.3 is 15.4 Å². The zero-order chi connectivity index (χ0) is 16.2. The van der Waals surface area contributed by atoms with Gasteiger partial charge in [-0.15, -0.1) is 11.3 Å². The quantitative estimate of drug-likeness (QED) is 0.851. The fourth-order valence-electron chi connectivity index (χ4n) is 2.27. The molecule has 22 heavy (non-hydrogen) atoms. The predicted octanol–water partition coefficient (Wildman–Crippen LogP) is 1.32. The van der Waals surface area contributed by atoms with Crippen molar-refractivity contribution in [2.75, 3.05) is 39.8 Å². The minimum atomic E-state index is -4.38. The molecule has 0 radical (unpaired) electrons. The van der Waals surface area contributed by atoms with E-state index in [-0.39, 0.29) is 0 Å². The van der Waals surface area contributed by atoms with Gasteiger partial charge in [-0.3, -0.25) is 9.69 Å². The second-order valence-corrected chi connectivity index (χ2v) is 5.82. The Labute approximate surface area is 130 Å². The van der Waals surface area contributed by atoms with Gasteiger partial charge in [-0.1, -0.05) is 0 Å². The summed E-state index contributed by atoms with van der Waals surface area (Å²) in [6.07, 6.45) is -4.38. The molecule has 1 aliphatic heterocycles. The molecule has 5 nitrogen and oxygen atoms in total. The van der Waals surface area contributed by atoms with Crippen LogP contribution in [0.25, 0.3) is 0 Å². The lowest BCUT2D eigenvalue weighted by atomic mass is 10.2. The lowest BCUT2D eigenvalue weighted by Gasteiger charge is -2.35. The van der Waals surface area contributed by atoms with E-state index in [0.29, 0.717) is 36.8 Å². The van der Waals surface area contributed by atoms with Gasteiger partial charge in [0.1, 0.15) is 11.8 Å². The number of halogens is 3. The highest BCUT2D eigenvalue weighted by atomic mass is 32.1. The summed E-state index contributed by atoms with van der Waals surface area (Å²) in [6.45, 7) is 1.20. The third kappa shape index (κ3) is 4.34. The monoisotopic (exact) mass is 337 g/mol. The van der Waals surface area contributed by atoms with Gasteiger partial charge >= 0.3 is 6.18 Å². The average molecular weight is 337 g/mol. The number of ether oxygens (including phenoxy) is 1. The third-order valence-electron chi connectivity index (χ3n) is 3.46. The van der Waals surface area contributed by atoms with Crippen LogP contribution in [-0.2, 0) is 0 Å². The van der Waals surface area contributed by atoms with E-state index in [4.69, 9.17) is 4.74 Å². The van der Waals surface area contributed by atoms with Gasteiger partial charge in [0.05, 0.1) is 12.0 Å². The van der Waals surface area contributed by atoms with Gasteiger partial charge in [-0.2, -0.15) is 13.2 Å². The van der Waals surface area contributed by atoms with Crippen LogP contribution < -0.4 is 15.4 Å². The molecule has 1 amide bonds. The summed E-state index contributed by atoms with van der Waals surface area (Å²) in [6, 6.07) is -0.159. The fourth-order valence-corrected chi connectivity index (χ4v) is 3.04. The molecule has 1 aliphatic rings. The molecule has 2 N–H and O–H groups in total. The first-order chi connectivity index (χ1) is 10.4. The van der Waals surface area contributed by atoms with E-state index >= 15 is 0 Å². The highest BCUT2D eigenvalue weighted by Gasteiger charge is 2.43. The molecule has 0 bridgehead atoms. The van der Waals surface area contributed by atoms with E-state index in [1.165, 1.54) is 18.1 Å². The number of thiophene rings is 1. The van der Waals surface area contributed by atoms with E-state index < -0.39 is 24.7 Å². The Balaban J connectivity index is 1.96. The first kappa shape index (κ1) is 17.0. The van der Waals surface area contributed by atoms with Gasteiger partial charge in [0.25, 0.3) is 5.91 Å². The molecule has 0 saturated carbocycles. The van der Waals surface area contributed by atoms with Crippen LogP contribution in [0.3, 0.4) is 0 Å². The number of carbonyl (C=O) groups is 1. The number of nitrogens with zero attached hydrogens (tertiary/aromatic N) is 1. The number of rotatable bonds is 5. The SMILES string of the molecule is COc1csc(C(=O)NCC(N2CCNCC2)C(F)(F)F)c1. The first-order valence-electron chi connectivity index (χ1n) is 6.84. The molecular weight excluding hydrogens is 319 g/mol. The number of hydrogen-bond acceptors (Lipinski definition) is 5. The second-order valence-electron chi connectivity index (χ2n) is 4.90.